The van der Waals surface area contributed by atoms with E-state index in [2.05, 4.69) is 36.5 Å². The Morgan fingerprint density at radius 3 is 2.56 bits per heavy atom. The summed E-state index contributed by atoms with van der Waals surface area (Å²) in [6, 6.07) is 4.18. The second-order valence-electron chi connectivity index (χ2n) is 9.83. The van der Waals surface area contributed by atoms with Gasteiger partial charge in [-0.05, 0) is 79.0 Å². The molecule has 1 unspecified atom stereocenters. The van der Waals surface area contributed by atoms with Crippen LogP contribution in [0.25, 0.3) is 6.08 Å². The summed E-state index contributed by atoms with van der Waals surface area (Å²) in [6.07, 6.45) is 10.5. The number of alkyl halides is 2. The van der Waals surface area contributed by atoms with Gasteiger partial charge in [0.05, 0.1) is 0 Å². The summed E-state index contributed by atoms with van der Waals surface area (Å²) in [4.78, 5) is 13.3. The van der Waals surface area contributed by atoms with Gasteiger partial charge in [-0.1, -0.05) is 37.3 Å². The Morgan fingerprint density at radius 1 is 1.12 bits per heavy atom. The number of amides is 1. The van der Waals surface area contributed by atoms with Crippen molar-refractivity contribution in [2.24, 2.45) is 11.8 Å². The van der Waals surface area contributed by atoms with Gasteiger partial charge in [0.1, 0.15) is 0 Å². The van der Waals surface area contributed by atoms with Crippen LogP contribution in [0.3, 0.4) is 0 Å². The van der Waals surface area contributed by atoms with Gasteiger partial charge in [-0.15, -0.1) is 0 Å². The first-order valence-corrected chi connectivity index (χ1v) is 12.1. The maximum absolute atomic E-state index is 13.5. The summed E-state index contributed by atoms with van der Waals surface area (Å²) in [6.45, 7) is 6.27. The molecule has 3 nitrogen and oxygen atoms in total. The fourth-order valence-corrected chi connectivity index (χ4v) is 5.31. The average Bonchev–Trinajstić information content (AvgIpc) is 2.77. The van der Waals surface area contributed by atoms with Gasteiger partial charge in [-0.2, -0.15) is 0 Å². The molecule has 1 amide bonds. The van der Waals surface area contributed by atoms with Gasteiger partial charge in [0, 0.05) is 38.2 Å². The van der Waals surface area contributed by atoms with Crippen molar-refractivity contribution in [2.45, 2.75) is 70.6 Å². The topological polar surface area (TPSA) is 38.3 Å². The van der Waals surface area contributed by atoms with Crippen LogP contribution in [0, 0.1) is 18.8 Å². The summed E-state index contributed by atoms with van der Waals surface area (Å²) in [7, 11) is 0. The van der Waals surface area contributed by atoms with Crippen LogP contribution < -0.4 is 5.32 Å². The zero-order valence-electron chi connectivity index (χ0n) is 19.3. The number of aryl methyl sites for hydroxylation is 1. The largest absolute Gasteiger partial charge is 0.381 e. The molecule has 4 rings (SSSR count). The maximum atomic E-state index is 13.5. The average molecular weight is 444 g/mol. The fraction of sp³-hybridized carbons (Fsp3) is 0.593. The summed E-state index contributed by atoms with van der Waals surface area (Å²) >= 11 is 0. The Balaban J connectivity index is 1.54. The molecule has 174 valence electrons. The first kappa shape index (κ1) is 23.2. The molecule has 2 aliphatic carbocycles. The van der Waals surface area contributed by atoms with E-state index < -0.39 is 5.92 Å². The first-order valence-electron chi connectivity index (χ1n) is 12.1. The zero-order valence-corrected chi connectivity index (χ0v) is 19.3. The van der Waals surface area contributed by atoms with Crippen molar-refractivity contribution in [3.63, 3.8) is 0 Å². The maximum Gasteiger partial charge on any atom is 0.252 e. The van der Waals surface area contributed by atoms with Crippen molar-refractivity contribution in [3.05, 3.63) is 52.1 Å². The molecule has 0 radical (unpaired) electrons. The molecule has 3 aliphatic rings. The summed E-state index contributed by atoms with van der Waals surface area (Å²) in [5.41, 5.74) is 5.21. The number of ether oxygens (including phenoxy) is 1. The molecule has 2 fully saturated rings. The lowest BCUT2D eigenvalue weighted by Gasteiger charge is -2.28. The van der Waals surface area contributed by atoms with Crippen molar-refractivity contribution >= 4 is 12.0 Å². The molecule has 1 heterocycles. The number of hydrogen-bond donors (Lipinski definition) is 1. The number of carbonyl (C=O) groups is 1. The van der Waals surface area contributed by atoms with E-state index in [4.69, 9.17) is 4.74 Å². The number of allylic oxidation sites excluding steroid dienone is 3. The Hall–Kier alpha value is -2.01. The number of halogens is 2. The van der Waals surface area contributed by atoms with Crippen LogP contribution in [0.5, 0.6) is 0 Å². The molecule has 1 atom stereocenters. The third-order valence-electron chi connectivity index (χ3n) is 7.48. The van der Waals surface area contributed by atoms with E-state index in [1.54, 1.807) is 0 Å². The van der Waals surface area contributed by atoms with Gasteiger partial charge in [0.2, 0.25) is 5.92 Å². The fourth-order valence-electron chi connectivity index (χ4n) is 5.31. The number of benzene rings is 1. The van der Waals surface area contributed by atoms with Gasteiger partial charge < -0.3 is 10.1 Å². The molecule has 5 heteroatoms. The van der Waals surface area contributed by atoms with Crippen molar-refractivity contribution in [2.75, 3.05) is 19.8 Å². The molecule has 1 N–H and O–H groups in total. The van der Waals surface area contributed by atoms with Crippen molar-refractivity contribution < 1.29 is 18.3 Å². The second-order valence-corrected chi connectivity index (χ2v) is 9.83. The smallest absolute Gasteiger partial charge is 0.252 e. The molecule has 1 aromatic rings. The highest BCUT2D eigenvalue weighted by molar-refractivity contribution is 6.00. The third kappa shape index (κ3) is 5.31. The molecular weight excluding hydrogens is 408 g/mol. The monoisotopic (exact) mass is 443 g/mol. The Morgan fingerprint density at radius 2 is 1.84 bits per heavy atom. The van der Waals surface area contributed by atoms with Gasteiger partial charge in [0.15, 0.2) is 0 Å². The highest BCUT2D eigenvalue weighted by atomic mass is 19.3. The van der Waals surface area contributed by atoms with Gasteiger partial charge >= 0.3 is 0 Å². The minimum Gasteiger partial charge on any atom is -0.381 e. The van der Waals surface area contributed by atoms with Gasteiger partial charge in [-0.3, -0.25) is 4.79 Å². The van der Waals surface area contributed by atoms with Crippen molar-refractivity contribution in [1.29, 1.82) is 0 Å². The predicted octanol–water partition coefficient (Wildman–Crippen LogP) is 6.42. The van der Waals surface area contributed by atoms with Crippen LogP contribution in [0.1, 0.15) is 84.8 Å². The quantitative estimate of drug-likeness (QED) is 0.583. The SMILES string of the molecule is Cc1ccc2c(c1C(=O)NCC1CCC(F)(F)CC1)/C=C\C(C1CCOCC1)=C\CC2C. The molecule has 32 heavy (non-hydrogen) atoms. The lowest BCUT2D eigenvalue weighted by Crippen LogP contribution is -2.34. The van der Waals surface area contributed by atoms with E-state index >= 15 is 0 Å². The van der Waals surface area contributed by atoms with Crippen LogP contribution in [0.15, 0.2) is 29.9 Å². The number of rotatable bonds is 4. The number of carbonyl (C=O) groups excluding carboxylic acids is 1. The van der Waals surface area contributed by atoms with Crippen molar-refractivity contribution in [3.8, 4) is 0 Å². The minimum atomic E-state index is -2.54. The van der Waals surface area contributed by atoms with Crippen LogP contribution in [0.4, 0.5) is 8.78 Å². The highest BCUT2D eigenvalue weighted by Gasteiger charge is 2.35. The van der Waals surface area contributed by atoms with Crippen LogP contribution in [-0.4, -0.2) is 31.6 Å². The highest BCUT2D eigenvalue weighted by Crippen LogP contribution is 2.37. The Kier molecular flexibility index (Phi) is 7.14. The molecule has 1 aliphatic heterocycles. The molecule has 1 saturated heterocycles. The van der Waals surface area contributed by atoms with Crippen molar-refractivity contribution in [1.82, 2.24) is 5.32 Å². The number of hydrogen-bond acceptors (Lipinski definition) is 2. The van der Waals surface area contributed by atoms with Gasteiger partial charge in [-0.25, -0.2) is 8.78 Å². The molecular formula is C27H35F2NO2. The molecule has 0 spiro atoms. The zero-order chi connectivity index (χ0) is 22.7. The number of fused-ring (bicyclic) bond motifs is 1. The van der Waals surface area contributed by atoms with Gasteiger partial charge in [0.25, 0.3) is 5.91 Å². The molecule has 1 saturated carbocycles. The van der Waals surface area contributed by atoms with E-state index in [0.717, 1.165) is 49.2 Å². The molecule has 0 aromatic heterocycles. The Bertz CT molecular complexity index is 889. The Labute approximate surface area is 190 Å². The van der Waals surface area contributed by atoms with Crippen LogP contribution in [0.2, 0.25) is 0 Å². The lowest BCUT2D eigenvalue weighted by molar-refractivity contribution is -0.0452. The van der Waals surface area contributed by atoms with E-state index in [0.29, 0.717) is 31.2 Å². The lowest BCUT2D eigenvalue weighted by atomic mass is 9.82. The summed E-state index contributed by atoms with van der Waals surface area (Å²) < 4.78 is 32.4. The normalized spacial score (nSPS) is 26.9. The molecule has 0 bridgehead atoms. The van der Waals surface area contributed by atoms with E-state index in [-0.39, 0.29) is 24.7 Å². The third-order valence-corrected chi connectivity index (χ3v) is 7.48. The summed E-state index contributed by atoms with van der Waals surface area (Å²) in [5.74, 6) is -1.67. The summed E-state index contributed by atoms with van der Waals surface area (Å²) in [5, 5.41) is 3.06. The van der Waals surface area contributed by atoms with Crippen LogP contribution in [-0.2, 0) is 4.74 Å². The standard InChI is InChI=1S/C27H35F2NO2/c1-18-3-5-21(22-11-15-32-16-12-22)6-8-24-23(18)7-4-19(2)25(24)26(31)30-17-20-9-13-27(28,29)14-10-20/h4-8,18,20,22H,3,9-17H2,1-2H3,(H,30,31)/b8-6-,21-5-. The van der Waals surface area contributed by atoms with E-state index in [9.17, 15) is 13.6 Å². The minimum absolute atomic E-state index is 0.0745. The van der Waals surface area contributed by atoms with Crippen LogP contribution >= 0.6 is 0 Å². The first-order chi connectivity index (χ1) is 15.3. The van der Waals surface area contributed by atoms with E-state index in [1.165, 1.54) is 11.1 Å². The van der Waals surface area contributed by atoms with E-state index in [1.807, 2.05) is 13.0 Å². The predicted molar refractivity (Wildman–Crippen MR) is 124 cm³/mol. The second kappa shape index (κ2) is 9.86. The molecule has 1 aromatic carbocycles. The number of nitrogens with one attached hydrogen (secondary N) is 1.